The number of hydrogen-bond donors (Lipinski definition) is 1. The second kappa shape index (κ2) is 8.68. The van der Waals surface area contributed by atoms with Gasteiger partial charge in [-0.2, -0.15) is 0 Å². The Kier molecular flexibility index (Phi) is 6.29. The van der Waals surface area contributed by atoms with Crippen LogP contribution in [0.1, 0.15) is 18.1 Å². The normalized spacial score (nSPS) is 10.1. The number of pyridine rings is 1. The molecule has 0 unspecified atom stereocenters. The van der Waals surface area contributed by atoms with Crippen LogP contribution in [0, 0.1) is 0 Å². The molecular weight excluding hydrogens is 290 g/mol. The van der Waals surface area contributed by atoms with E-state index in [1.54, 1.807) is 17.3 Å². The predicted molar refractivity (Wildman–Crippen MR) is 88.5 cm³/mol. The molecule has 2 amide bonds. The molecule has 120 valence electrons. The average molecular weight is 311 g/mol. The summed E-state index contributed by atoms with van der Waals surface area (Å²) in [6.07, 6.45) is 4.15. The van der Waals surface area contributed by atoms with Crippen molar-refractivity contribution < 1.29 is 9.59 Å². The van der Waals surface area contributed by atoms with E-state index in [0.717, 1.165) is 11.1 Å². The van der Waals surface area contributed by atoms with Gasteiger partial charge in [0.25, 0.3) is 0 Å². The van der Waals surface area contributed by atoms with E-state index in [0.29, 0.717) is 26.1 Å². The number of rotatable bonds is 6. The molecule has 1 N–H and O–H groups in total. The number of carbonyl (C=O) groups excluding carboxylic acids is 2. The summed E-state index contributed by atoms with van der Waals surface area (Å²) < 4.78 is 0. The zero-order valence-corrected chi connectivity index (χ0v) is 13.2. The SMILES string of the molecule is CCN(CCc1ccncc1)C(=O)C(=O)NCc1ccccc1. The minimum Gasteiger partial charge on any atom is -0.344 e. The Labute approximate surface area is 136 Å². The molecule has 5 nitrogen and oxygen atoms in total. The van der Waals surface area contributed by atoms with Crippen LogP contribution in [0.3, 0.4) is 0 Å². The van der Waals surface area contributed by atoms with E-state index < -0.39 is 11.8 Å². The largest absolute Gasteiger partial charge is 0.344 e. The average Bonchev–Trinajstić information content (AvgIpc) is 2.61. The summed E-state index contributed by atoms with van der Waals surface area (Å²) in [5.74, 6) is -1.05. The standard InChI is InChI=1S/C18H21N3O2/c1-2-21(13-10-15-8-11-19-12-9-15)18(23)17(22)20-14-16-6-4-3-5-7-16/h3-9,11-12H,2,10,13-14H2,1H3,(H,20,22). The van der Waals surface area contributed by atoms with Gasteiger partial charge in [-0.05, 0) is 36.6 Å². The van der Waals surface area contributed by atoms with Gasteiger partial charge in [0.15, 0.2) is 0 Å². The summed E-state index contributed by atoms with van der Waals surface area (Å²) in [6.45, 7) is 3.24. The maximum absolute atomic E-state index is 12.2. The molecule has 1 aromatic carbocycles. The van der Waals surface area contributed by atoms with E-state index in [1.165, 1.54) is 0 Å². The summed E-state index contributed by atoms with van der Waals surface area (Å²) in [5, 5.41) is 2.67. The highest BCUT2D eigenvalue weighted by molar-refractivity contribution is 6.34. The quantitative estimate of drug-likeness (QED) is 0.827. The van der Waals surface area contributed by atoms with E-state index in [4.69, 9.17) is 0 Å². The lowest BCUT2D eigenvalue weighted by Gasteiger charge is -2.20. The van der Waals surface area contributed by atoms with Gasteiger partial charge in [0.1, 0.15) is 0 Å². The molecule has 0 aliphatic carbocycles. The van der Waals surface area contributed by atoms with Crippen LogP contribution in [0.25, 0.3) is 0 Å². The Balaban J connectivity index is 1.84. The minimum absolute atomic E-state index is 0.354. The number of amides is 2. The number of carbonyl (C=O) groups is 2. The van der Waals surface area contributed by atoms with Gasteiger partial charge in [0, 0.05) is 32.0 Å². The van der Waals surface area contributed by atoms with Gasteiger partial charge in [-0.15, -0.1) is 0 Å². The highest BCUT2D eigenvalue weighted by Crippen LogP contribution is 2.01. The zero-order chi connectivity index (χ0) is 16.5. The molecule has 5 heteroatoms. The number of likely N-dealkylation sites (N-methyl/N-ethyl adjacent to an activating group) is 1. The lowest BCUT2D eigenvalue weighted by molar-refractivity contribution is -0.145. The van der Waals surface area contributed by atoms with Crippen LogP contribution in [-0.4, -0.2) is 34.8 Å². The van der Waals surface area contributed by atoms with Crippen molar-refractivity contribution in [2.45, 2.75) is 19.9 Å². The third kappa shape index (κ3) is 5.21. The number of nitrogens with zero attached hydrogens (tertiary/aromatic N) is 2. The van der Waals surface area contributed by atoms with Crippen molar-refractivity contribution in [3.05, 3.63) is 66.0 Å². The number of aromatic nitrogens is 1. The molecule has 0 bridgehead atoms. The van der Waals surface area contributed by atoms with Crippen LogP contribution < -0.4 is 5.32 Å². The summed E-state index contributed by atoms with van der Waals surface area (Å²) in [5.41, 5.74) is 2.06. The number of hydrogen-bond acceptors (Lipinski definition) is 3. The molecule has 2 aromatic rings. The van der Waals surface area contributed by atoms with Crippen molar-refractivity contribution in [2.24, 2.45) is 0 Å². The fourth-order valence-corrected chi connectivity index (χ4v) is 2.21. The first-order valence-corrected chi connectivity index (χ1v) is 7.70. The second-order valence-electron chi connectivity index (χ2n) is 5.16. The molecule has 0 radical (unpaired) electrons. The fraction of sp³-hybridized carbons (Fsp3) is 0.278. The van der Waals surface area contributed by atoms with Gasteiger partial charge in [-0.3, -0.25) is 14.6 Å². The first kappa shape index (κ1) is 16.7. The molecule has 0 aliphatic heterocycles. The van der Waals surface area contributed by atoms with Crippen molar-refractivity contribution in [1.82, 2.24) is 15.2 Å². The van der Waals surface area contributed by atoms with Crippen molar-refractivity contribution in [1.29, 1.82) is 0 Å². The molecule has 0 saturated carbocycles. The molecule has 0 aliphatic rings. The van der Waals surface area contributed by atoms with Crippen LogP contribution in [0.15, 0.2) is 54.9 Å². The second-order valence-corrected chi connectivity index (χ2v) is 5.16. The van der Waals surface area contributed by atoms with Gasteiger partial charge in [0.05, 0.1) is 0 Å². The highest BCUT2D eigenvalue weighted by atomic mass is 16.2. The highest BCUT2D eigenvalue weighted by Gasteiger charge is 2.19. The van der Waals surface area contributed by atoms with Crippen LogP contribution >= 0.6 is 0 Å². The molecule has 0 atom stereocenters. The Morgan fingerprint density at radius 2 is 1.74 bits per heavy atom. The summed E-state index contributed by atoms with van der Waals surface area (Å²) in [7, 11) is 0. The third-order valence-corrected chi connectivity index (χ3v) is 3.58. The maximum Gasteiger partial charge on any atom is 0.311 e. The molecule has 1 aromatic heterocycles. The molecule has 2 rings (SSSR count). The number of benzene rings is 1. The summed E-state index contributed by atoms with van der Waals surface area (Å²) >= 11 is 0. The van der Waals surface area contributed by atoms with E-state index in [2.05, 4.69) is 10.3 Å². The smallest absolute Gasteiger partial charge is 0.311 e. The maximum atomic E-state index is 12.2. The summed E-state index contributed by atoms with van der Waals surface area (Å²) in [4.78, 5) is 29.8. The Hall–Kier alpha value is -2.69. The third-order valence-electron chi connectivity index (χ3n) is 3.58. The monoisotopic (exact) mass is 311 g/mol. The van der Waals surface area contributed by atoms with E-state index >= 15 is 0 Å². The van der Waals surface area contributed by atoms with E-state index in [9.17, 15) is 9.59 Å². The lowest BCUT2D eigenvalue weighted by Crippen LogP contribution is -2.43. The van der Waals surface area contributed by atoms with E-state index in [-0.39, 0.29) is 0 Å². The Morgan fingerprint density at radius 3 is 2.39 bits per heavy atom. The zero-order valence-electron chi connectivity index (χ0n) is 13.2. The molecule has 1 heterocycles. The minimum atomic E-state index is -0.564. The van der Waals surface area contributed by atoms with Gasteiger partial charge >= 0.3 is 11.8 Å². The van der Waals surface area contributed by atoms with Gasteiger partial charge < -0.3 is 10.2 Å². The van der Waals surface area contributed by atoms with Crippen LogP contribution in [0.2, 0.25) is 0 Å². The topological polar surface area (TPSA) is 62.3 Å². The Bertz CT molecular complexity index is 629. The van der Waals surface area contributed by atoms with Crippen LogP contribution in [-0.2, 0) is 22.6 Å². The molecule has 0 spiro atoms. The van der Waals surface area contributed by atoms with Crippen molar-refractivity contribution in [3.8, 4) is 0 Å². The molecule has 0 saturated heterocycles. The predicted octanol–water partition coefficient (Wildman–Crippen LogP) is 1.79. The lowest BCUT2D eigenvalue weighted by atomic mass is 10.2. The van der Waals surface area contributed by atoms with Crippen molar-refractivity contribution in [2.75, 3.05) is 13.1 Å². The first-order valence-electron chi connectivity index (χ1n) is 7.70. The van der Waals surface area contributed by atoms with Gasteiger partial charge in [-0.1, -0.05) is 30.3 Å². The number of nitrogens with one attached hydrogen (secondary N) is 1. The van der Waals surface area contributed by atoms with Crippen LogP contribution in [0.5, 0.6) is 0 Å². The molecular formula is C18H21N3O2. The Morgan fingerprint density at radius 1 is 1.04 bits per heavy atom. The van der Waals surface area contributed by atoms with Crippen LogP contribution in [0.4, 0.5) is 0 Å². The van der Waals surface area contributed by atoms with Crippen molar-refractivity contribution in [3.63, 3.8) is 0 Å². The van der Waals surface area contributed by atoms with E-state index in [1.807, 2.05) is 49.4 Å². The molecule has 0 fully saturated rings. The van der Waals surface area contributed by atoms with Gasteiger partial charge in [0.2, 0.25) is 0 Å². The fourth-order valence-electron chi connectivity index (χ4n) is 2.21. The summed E-state index contributed by atoms with van der Waals surface area (Å²) in [6, 6.07) is 13.3. The van der Waals surface area contributed by atoms with Gasteiger partial charge in [-0.25, -0.2) is 0 Å². The first-order chi connectivity index (χ1) is 11.2. The van der Waals surface area contributed by atoms with Crippen molar-refractivity contribution >= 4 is 11.8 Å². The molecule has 23 heavy (non-hydrogen) atoms.